The number of benzene rings is 2. The van der Waals surface area contributed by atoms with Gasteiger partial charge in [-0.2, -0.15) is 9.13 Å². The Balaban J connectivity index is 1.80. The molecule has 5 rings (SSSR count). The molecular weight excluding hydrogens is 528 g/mol. The van der Waals surface area contributed by atoms with Crippen molar-refractivity contribution in [1.29, 1.82) is 0 Å². The molecule has 3 heterocycles. The lowest BCUT2D eigenvalue weighted by atomic mass is 9.74. The summed E-state index contributed by atoms with van der Waals surface area (Å²) >= 11 is 0. The molecule has 4 aromatic rings. The molecule has 0 amide bonds. The zero-order valence-electron chi connectivity index (χ0n) is 27.3. The average Bonchev–Trinajstić information content (AvgIpc) is 3.02. The van der Waals surface area contributed by atoms with E-state index in [0.29, 0.717) is 11.6 Å². The number of unbranched alkanes of at least 4 members (excludes halogenated alkanes) is 2. The minimum atomic E-state index is -1.01. The van der Waals surface area contributed by atoms with Crippen molar-refractivity contribution in [3.05, 3.63) is 94.8 Å². The summed E-state index contributed by atoms with van der Waals surface area (Å²) in [5.41, 5.74) is 10.8. The van der Waals surface area contributed by atoms with Gasteiger partial charge < -0.3 is 9.84 Å². The van der Waals surface area contributed by atoms with Crippen LogP contribution in [-0.2, 0) is 16.7 Å². The van der Waals surface area contributed by atoms with E-state index >= 15 is 0 Å². The van der Waals surface area contributed by atoms with Gasteiger partial charge in [0.25, 0.3) is 0 Å². The van der Waals surface area contributed by atoms with Crippen molar-refractivity contribution >= 4 is 22.7 Å². The van der Waals surface area contributed by atoms with Crippen LogP contribution in [0.5, 0.6) is 0 Å². The van der Waals surface area contributed by atoms with E-state index in [2.05, 4.69) is 94.8 Å². The summed E-state index contributed by atoms with van der Waals surface area (Å²) in [5, 5.41) is 12.1. The van der Waals surface area contributed by atoms with E-state index in [4.69, 9.17) is 4.74 Å². The van der Waals surface area contributed by atoms with Crippen LogP contribution >= 0.6 is 0 Å². The Hall–Kier alpha value is -3.34. The van der Waals surface area contributed by atoms with Gasteiger partial charge in [0.1, 0.15) is 0 Å². The van der Waals surface area contributed by atoms with E-state index in [9.17, 15) is 5.11 Å². The number of hydrogen-bond acceptors (Lipinski definition) is 2. The largest absolute Gasteiger partial charge is 0.360 e. The van der Waals surface area contributed by atoms with Gasteiger partial charge in [-0.05, 0) is 61.1 Å². The van der Waals surface area contributed by atoms with Crippen molar-refractivity contribution in [3.8, 4) is 11.3 Å². The molecule has 1 aliphatic rings. The van der Waals surface area contributed by atoms with Gasteiger partial charge in [0.15, 0.2) is 17.9 Å². The van der Waals surface area contributed by atoms with Crippen molar-refractivity contribution in [2.45, 2.75) is 98.3 Å². The van der Waals surface area contributed by atoms with E-state index in [1.165, 1.54) is 75.7 Å². The first-order valence-corrected chi connectivity index (χ1v) is 16.3. The van der Waals surface area contributed by atoms with E-state index < -0.39 is 6.29 Å². The lowest BCUT2D eigenvalue weighted by molar-refractivity contribution is -0.718. The summed E-state index contributed by atoms with van der Waals surface area (Å²) in [6.07, 6.45) is 11.4. The maximum atomic E-state index is 10.8. The van der Waals surface area contributed by atoms with Crippen molar-refractivity contribution in [3.63, 3.8) is 0 Å². The van der Waals surface area contributed by atoms with Gasteiger partial charge in [0.05, 0.1) is 11.1 Å². The van der Waals surface area contributed by atoms with E-state index in [1.807, 2.05) is 29.0 Å². The number of fused-ring (bicyclic) bond motifs is 5. The van der Waals surface area contributed by atoms with Gasteiger partial charge in [0, 0.05) is 55.2 Å². The number of aliphatic hydroxyl groups excluding tert-OH is 1. The second-order valence-corrected chi connectivity index (χ2v) is 12.6. The predicted molar refractivity (Wildman–Crippen MR) is 177 cm³/mol. The average molecular weight is 579 g/mol. The molecule has 226 valence electrons. The summed E-state index contributed by atoms with van der Waals surface area (Å²) in [6, 6.07) is 22.3. The molecule has 1 aliphatic heterocycles. The molecule has 0 bridgehead atoms. The number of aryl methyl sites for hydroxylation is 2. The topological polar surface area (TPSA) is 37.2 Å². The molecule has 2 unspecified atom stereocenters. The third kappa shape index (κ3) is 5.68. The van der Waals surface area contributed by atoms with Crippen molar-refractivity contribution in [2.24, 2.45) is 5.92 Å². The van der Waals surface area contributed by atoms with Gasteiger partial charge in [-0.1, -0.05) is 71.6 Å². The number of allylic oxidation sites excluding steroid dienone is 1. The molecule has 0 fully saturated rings. The zero-order chi connectivity index (χ0) is 30.7. The Morgan fingerprint density at radius 1 is 0.907 bits per heavy atom. The number of methoxy groups -OCH3 is 1. The number of nitrogens with zero attached hydrogens (tertiary/aromatic N) is 2. The monoisotopic (exact) mass is 578 g/mol. The standard InChI is InChI=1S/C39H50N2O2/c1-8-11-12-16-27(4)23-30-17-15-19-35-31(30)20-21-36-33-25-29(6)28(5)24-32(33)34(39(9-2,10-3)41(35)36)26-40-22-14-13-18-37(40)38(42)43-7/h13-15,17-22,24-27,38,42H,8-12,16,23H2,1-7H3/q+2. The normalized spacial score (nSPS) is 16.2. The fraction of sp³-hybridized carbons (Fsp3) is 0.436. The van der Waals surface area contributed by atoms with Crippen LogP contribution in [0.1, 0.15) is 100 Å². The Morgan fingerprint density at radius 2 is 1.65 bits per heavy atom. The number of aromatic nitrogens is 2. The molecule has 1 N–H and O–H groups in total. The SMILES string of the molecule is CCCCCC(C)Cc1cccc2c1ccc1[n+]2C(CC)(CC)C(=C[n+]2ccccc2C(O)OC)c2cc(C)c(C)cc2-1. The molecule has 0 saturated carbocycles. The Kier molecular flexibility index (Phi) is 9.48. The third-order valence-corrected chi connectivity index (χ3v) is 9.90. The van der Waals surface area contributed by atoms with Crippen molar-refractivity contribution in [2.75, 3.05) is 7.11 Å². The molecule has 0 radical (unpaired) electrons. The zero-order valence-corrected chi connectivity index (χ0v) is 27.3. The van der Waals surface area contributed by atoms with Crippen LogP contribution in [0.25, 0.3) is 33.9 Å². The molecule has 0 spiro atoms. The highest BCUT2D eigenvalue weighted by atomic mass is 16.6. The quantitative estimate of drug-likeness (QED) is 0.110. The maximum absolute atomic E-state index is 10.8. The Bertz CT molecular complexity index is 1630. The van der Waals surface area contributed by atoms with Crippen LogP contribution in [0.15, 0.2) is 66.9 Å². The van der Waals surface area contributed by atoms with E-state index in [0.717, 1.165) is 19.3 Å². The van der Waals surface area contributed by atoms with Crippen molar-refractivity contribution < 1.29 is 19.0 Å². The predicted octanol–water partition coefficient (Wildman–Crippen LogP) is 8.62. The molecule has 2 aromatic carbocycles. The van der Waals surface area contributed by atoms with Gasteiger partial charge in [-0.3, -0.25) is 0 Å². The molecule has 0 saturated heterocycles. The van der Waals surface area contributed by atoms with Gasteiger partial charge >= 0.3 is 0 Å². The molecule has 0 aliphatic carbocycles. The minimum Gasteiger partial charge on any atom is -0.360 e. The lowest BCUT2D eigenvalue weighted by Crippen LogP contribution is -2.60. The molecule has 4 heteroatoms. The minimum absolute atomic E-state index is 0.285. The molecule has 2 atom stereocenters. The summed E-state index contributed by atoms with van der Waals surface area (Å²) in [4.78, 5) is 0. The summed E-state index contributed by atoms with van der Waals surface area (Å²) in [6.45, 7) is 13.7. The van der Waals surface area contributed by atoms with Gasteiger partial charge in [-0.15, -0.1) is 0 Å². The maximum Gasteiger partial charge on any atom is 0.243 e. The number of pyridine rings is 2. The number of hydrogen-bond donors (Lipinski definition) is 1. The number of aliphatic hydroxyl groups is 1. The van der Waals surface area contributed by atoms with Crippen molar-refractivity contribution in [1.82, 2.24) is 0 Å². The third-order valence-electron chi connectivity index (χ3n) is 9.90. The first kappa shape index (κ1) is 31.1. The van der Waals surface area contributed by atoms with E-state index in [1.54, 1.807) is 7.11 Å². The fourth-order valence-corrected chi connectivity index (χ4v) is 7.24. The first-order chi connectivity index (χ1) is 20.8. The van der Waals surface area contributed by atoms with Crippen LogP contribution in [0.4, 0.5) is 0 Å². The second-order valence-electron chi connectivity index (χ2n) is 12.6. The highest BCUT2D eigenvalue weighted by Crippen LogP contribution is 2.46. The smallest absolute Gasteiger partial charge is 0.243 e. The molecule has 4 nitrogen and oxygen atoms in total. The number of ether oxygens (including phenoxy) is 1. The molecule has 2 aromatic heterocycles. The molecule has 43 heavy (non-hydrogen) atoms. The lowest BCUT2D eigenvalue weighted by Gasteiger charge is -2.35. The summed E-state index contributed by atoms with van der Waals surface area (Å²) in [5.74, 6) is 0.655. The first-order valence-electron chi connectivity index (χ1n) is 16.3. The summed E-state index contributed by atoms with van der Waals surface area (Å²) in [7, 11) is 1.54. The van der Waals surface area contributed by atoms with Crippen LogP contribution < -0.4 is 9.13 Å². The highest BCUT2D eigenvalue weighted by molar-refractivity contribution is 5.91. The Morgan fingerprint density at radius 3 is 2.35 bits per heavy atom. The van der Waals surface area contributed by atoms with Gasteiger partial charge in [0.2, 0.25) is 23.2 Å². The number of rotatable bonds is 11. The van der Waals surface area contributed by atoms with Crippen LogP contribution in [-0.4, -0.2) is 12.2 Å². The van der Waals surface area contributed by atoms with Crippen LogP contribution in [0.3, 0.4) is 0 Å². The highest BCUT2D eigenvalue weighted by Gasteiger charge is 2.50. The van der Waals surface area contributed by atoms with E-state index in [-0.39, 0.29) is 5.54 Å². The molecular formula is C39H50N2O2+2. The van der Waals surface area contributed by atoms with Crippen LogP contribution in [0, 0.1) is 19.8 Å². The second kappa shape index (κ2) is 13.1. The Labute approximate surface area is 258 Å². The van der Waals surface area contributed by atoms with Gasteiger partial charge in [-0.25, -0.2) is 0 Å². The van der Waals surface area contributed by atoms with Crippen LogP contribution in [0.2, 0.25) is 0 Å². The summed E-state index contributed by atoms with van der Waals surface area (Å²) < 4.78 is 10.1. The fourth-order valence-electron chi connectivity index (χ4n) is 7.24.